The van der Waals surface area contributed by atoms with Crippen LogP contribution in [0.25, 0.3) is 0 Å². The summed E-state index contributed by atoms with van der Waals surface area (Å²) in [7, 11) is 0. The van der Waals surface area contributed by atoms with E-state index >= 15 is 0 Å². The molecule has 0 heterocycles. The first-order chi connectivity index (χ1) is 6.88. The zero-order valence-corrected chi connectivity index (χ0v) is 10.3. The van der Waals surface area contributed by atoms with Crippen molar-refractivity contribution in [3.63, 3.8) is 0 Å². The summed E-state index contributed by atoms with van der Waals surface area (Å²) in [5.41, 5.74) is 1.73. The molecule has 0 aromatic heterocycles. The standard InChI is InChI=1S/C13H22O2/c1-5-6-9-10(7-8-11(9)14)12(15)13(2,3)4/h12,15H,5-8H2,1-4H3. The van der Waals surface area contributed by atoms with Crippen molar-refractivity contribution < 1.29 is 9.90 Å². The second-order valence-electron chi connectivity index (χ2n) is 5.45. The summed E-state index contributed by atoms with van der Waals surface area (Å²) in [6.07, 6.45) is 2.68. The molecule has 0 radical (unpaired) electrons. The Hall–Kier alpha value is -0.630. The molecular formula is C13H22O2. The van der Waals surface area contributed by atoms with Crippen LogP contribution in [0, 0.1) is 5.41 Å². The maximum Gasteiger partial charge on any atom is 0.159 e. The Morgan fingerprint density at radius 3 is 2.40 bits per heavy atom. The average Bonchev–Trinajstić information content (AvgIpc) is 2.46. The lowest BCUT2D eigenvalue weighted by Gasteiger charge is -2.27. The molecule has 2 nitrogen and oxygen atoms in total. The molecule has 1 unspecified atom stereocenters. The summed E-state index contributed by atoms with van der Waals surface area (Å²) in [6, 6.07) is 0. The zero-order chi connectivity index (χ0) is 11.6. The minimum Gasteiger partial charge on any atom is -0.388 e. The lowest BCUT2D eigenvalue weighted by atomic mass is 9.83. The van der Waals surface area contributed by atoms with Crippen LogP contribution in [0.1, 0.15) is 53.4 Å². The summed E-state index contributed by atoms with van der Waals surface area (Å²) in [5.74, 6) is 0.246. The number of carbonyl (C=O) groups excluding carboxylic acids is 1. The molecule has 0 saturated carbocycles. The first-order valence-electron chi connectivity index (χ1n) is 5.81. The summed E-state index contributed by atoms with van der Waals surface area (Å²) in [6.45, 7) is 8.10. The van der Waals surface area contributed by atoms with E-state index < -0.39 is 6.10 Å². The van der Waals surface area contributed by atoms with Crippen LogP contribution in [0.5, 0.6) is 0 Å². The molecule has 86 valence electrons. The van der Waals surface area contributed by atoms with Gasteiger partial charge in [-0.1, -0.05) is 34.1 Å². The molecule has 1 N–H and O–H groups in total. The molecule has 1 aliphatic carbocycles. The molecule has 1 rings (SSSR count). The Kier molecular flexibility index (Phi) is 3.72. The molecule has 1 aliphatic rings. The van der Waals surface area contributed by atoms with E-state index in [2.05, 4.69) is 6.92 Å². The van der Waals surface area contributed by atoms with Crippen LogP contribution >= 0.6 is 0 Å². The number of carbonyl (C=O) groups is 1. The lowest BCUT2D eigenvalue weighted by molar-refractivity contribution is -0.115. The number of ketones is 1. The molecule has 1 atom stereocenters. The average molecular weight is 210 g/mol. The summed E-state index contributed by atoms with van der Waals surface area (Å²) < 4.78 is 0. The van der Waals surface area contributed by atoms with Gasteiger partial charge in [0.2, 0.25) is 0 Å². The smallest absolute Gasteiger partial charge is 0.159 e. The van der Waals surface area contributed by atoms with Crippen LogP contribution in [0.2, 0.25) is 0 Å². The third kappa shape index (κ3) is 2.69. The largest absolute Gasteiger partial charge is 0.388 e. The number of allylic oxidation sites excluding steroid dienone is 1. The van der Waals surface area contributed by atoms with Crippen LogP contribution in [0.4, 0.5) is 0 Å². The molecule has 0 fully saturated rings. The highest BCUT2D eigenvalue weighted by Gasteiger charge is 2.32. The van der Waals surface area contributed by atoms with Crippen molar-refractivity contribution >= 4 is 5.78 Å². The van der Waals surface area contributed by atoms with Crippen molar-refractivity contribution in [1.29, 1.82) is 0 Å². The van der Waals surface area contributed by atoms with Crippen molar-refractivity contribution in [2.24, 2.45) is 5.41 Å². The molecule has 0 spiro atoms. The van der Waals surface area contributed by atoms with E-state index in [9.17, 15) is 9.90 Å². The fraction of sp³-hybridized carbons (Fsp3) is 0.769. The number of Topliss-reactive ketones (excluding diaryl/α,β-unsaturated/α-hetero) is 1. The van der Waals surface area contributed by atoms with Gasteiger partial charge in [0.05, 0.1) is 6.10 Å². The van der Waals surface area contributed by atoms with Crippen LogP contribution in [0.3, 0.4) is 0 Å². The van der Waals surface area contributed by atoms with Crippen LogP contribution in [-0.2, 0) is 4.79 Å². The number of hydrogen-bond acceptors (Lipinski definition) is 2. The highest BCUT2D eigenvalue weighted by atomic mass is 16.3. The highest BCUT2D eigenvalue weighted by molar-refractivity contribution is 5.98. The third-order valence-electron chi connectivity index (χ3n) is 3.00. The van der Waals surface area contributed by atoms with Gasteiger partial charge in [-0.3, -0.25) is 4.79 Å². The second kappa shape index (κ2) is 4.48. The number of hydrogen-bond donors (Lipinski definition) is 1. The number of aliphatic hydroxyl groups excluding tert-OH is 1. The highest BCUT2D eigenvalue weighted by Crippen LogP contribution is 2.35. The van der Waals surface area contributed by atoms with Gasteiger partial charge in [0.25, 0.3) is 0 Å². The van der Waals surface area contributed by atoms with Crippen molar-refractivity contribution in [3.05, 3.63) is 11.1 Å². The van der Waals surface area contributed by atoms with E-state index in [1.165, 1.54) is 0 Å². The molecular weight excluding hydrogens is 188 g/mol. The van der Waals surface area contributed by atoms with Gasteiger partial charge in [0, 0.05) is 6.42 Å². The SMILES string of the molecule is CCCC1=C(C(O)C(C)(C)C)CCC1=O. The van der Waals surface area contributed by atoms with E-state index in [1.54, 1.807) is 0 Å². The van der Waals surface area contributed by atoms with Crippen molar-refractivity contribution in [3.8, 4) is 0 Å². The van der Waals surface area contributed by atoms with E-state index in [-0.39, 0.29) is 11.2 Å². The van der Waals surface area contributed by atoms with E-state index in [4.69, 9.17) is 0 Å². The van der Waals surface area contributed by atoms with Gasteiger partial charge in [0.15, 0.2) is 5.78 Å². The quantitative estimate of drug-likeness (QED) is 0.777. The Morgan fingerprint density at radius 2 is 1.93 bits per heavy atom. The first kappa shape index (κ1) is 12.4. The van der Waals surface area contributed by atoms with Gasteiger partial charge in [-0.05, 0) is 29.4 Å². The number of aliphatic hydroxyl groups is 1. The Bertz CT molecular complexity index is 281. The zero-order valence-electron chi connectivity index (χ0n) is 10.3. The maximum atomic E-state index is 11.6. The van der Waals surface area contributed by atoms with Gasteiger partial charge >= 0.3 is 0 Å². The van der Waals surface area contributed by atoms with Gasteiger partial charge < -0.3 is 5.11 Å². The fourth-order valence-corrected chi connectivity index (χ4v) is 2.10. The molecule has 0 amide bonds. The van der Waals surface area contributed by atoms with Crippen molar-refractivity contribution in [2.45, 2.75) is 59.5 Å². The van der Waals surface area contributed by atoms with Gasteiger partial charge in [0.1, 0.15) is 0 Å². The van der Waals surface area contributed by atoms with Gasteiger partial charge in [-0.2, -0.15) is 0 Å². The molecule has 15 heavy (non-hydrogen) atoms. The topological polar surface area (TPSA) is 37.3 Å². The van der Waals surface area contributed by atoms with Gasteiger partial charge in [-0.25, -0.2) is 0 Å². The van der Waals surface area contributed by atoms with E-state index in [0.717, 1.165) is 30.4 Å². The summed E-state index contributed by atoms with van der Waals surface area (Å²) in [4.78, 5) is 11.6. The first-order valence-corrected chi connectivity index (χ1v) is 5.81. The predicted molar refractivity (Wildman–Crippen MR) is 61.6 cm³/mol. The molecule has 2 heteroatoms. The number of rotatable bonds is 3. The fourth-order valence-electron chi connectivity index (χ4n) is 2.10. The van der Waals surface area contributed by atoms with Crippen molar-refractivity contribution in [1.82, 2.24) is 0 Å². The molecule has 0 saturated heterocycles. The normalized spacial score (nSPS) is 19.9. The van der Waals surface area contributed by atoms with E-state index in [0.29, 0.717) is 6.42 Å². The lowest BCUT2D eigenvalue weighted by Crippen LogP contribution is -2.28. The minimum atomic E-state index is -0.467. The maximum absolute atomic E-state index is 11.6. The monoisotopic (exact) mass is 210 g/mol. The molecule has 0 aromatic rings. The summed E-state index contributed by atoms with van der Waals surface area (Å²) >= 11 is 0. The Morgan fingerprint density at radius 1 is 1.33 bits per heavy atom. The molecule has 0 aliphatic heterocycles. The minimum absolute atomic E-state index is 0.168. The Balaban J connectivity index is 2.95. The van der Waals surface area contributed by atoms with Gasteiger partial charge in [-0.15, -0.1) is 0 Å². The van der Waals surface area contributed by atoms with Crippen LogP contribution < -0.4 is 0 Å². The Labute approximate surface area is 92.4 Å². The van der Waals surface area contributed by atoms with Crippen molar-refractivity contribution in [2.75, 3.05) is 0 Å². The predicted octanol–water partition coefficient (Wildman–Crippen LogP) is 2.85. The van der Waals surface area contributed by atoms with Crippen LogP contribution in [-0.4, -0.2) is 17.0 Å². The third-order valence-corrected chi connectivity index (χ3v) is 3.00. The van der Waals surface area contributed by atoms with E-state index in [1.807, 2.05) is 20.8 Å². The summed E-state index contributed by atoms with van der Waals surface area (Å²) in [5, 5.41) is 10.2. The molecule has 0 aromatic carbocycles. The van der Waals surface area contributed by atoms with Crippen LogP contribution in [0.15, 0.2) is 11.1 Å². The molecule has 0 bridgehead atoms. The second-order valence-corrected chi connectivity index (χ2v) is 5.45.